The van der Waals surface area contributed by atoms with Gasteiger partial charge < -0.3 is 15.3 Å². The minimum atomic E-state index is -0.398. The molecule has 0 radical (unpaired) electrons. The number of nitrogens with zero attached hydrogens (tertiary/aromatic N) is 3. The van der Waals surface area contributed by atoms with Crippen molar-refractivity contribution in [3.63, 3.8) is 0 Å². The van der Waals surface area contributed by atoms with Gasteiger partial charge in [0.25, 0.3) is 5.69 Å². The minimum absolute atomic E-state index is 0.0408. The topological polar surface area (TPSA) is 91.5 Å². The maximum atomic E-state index is 11.1. The smallest absolute Gasteiger partial charge is 0.276 e. The van der Waals surface area contributed by atoms with Gasteiger partial charge >= 0.3 is 0 Å². The number of aliphatic hydroxyl groups excluding tert-OH is 1. The maximum absolute atomic E-state index is 11.1. The molecule has 116 valence electrons. The van der Waals surface area contributed by atoms with Crippen molar-refractivity contribution in [3.05, 3.63) is 22.2 Å². The monoisotopic (exact) mass is 294 g/mol. The molecular formula is C14H22N4O3. The Morgan fingerprint density at radius 1 is 1.62 bits per heavy atom. The first kappa shape index (κ1) is 15.5. The number of anilines is 2. The summed E-state index contributed by atoms with van der Waals surface area (Å²) in [6, 6.07) is 2.96. The molecule has 0 aliphatic carbocycles. The predicted molar refractivity (Wildman–Crippen MR) is 81.7 cm³/mol. The molecule has 21 heavy (non-hydrogen) atoms. The van der Waals surface area contributed by atoms with Crippen molar-refractivity contribution >= 4 is 17.3 Å². The summed E-state index contributed by atoms with van der Waals surface area (Å²) in [5.74, 6) is 1.32. The average Bonchev–Trinajstić information content (AvgIpc) is 2.94. The largest absolute Gasteiger partial charge is 0.393 e. The molecule has 0 bridgehead atoms. The summed E-state index contributed by atoms with van der Waals surface area (Å²) in [5, 5.41) is 23.8. The van der Waals surface area contributed by atoms with E-state index in [9.17, 15) is 15.2 Å². The molecule has 0 saturated carbocycles. The number of hydrogen-bond donors (Lipinski definition) is 2. The third-order valence-corrected chi connectivity index (χ3v) is 3.79. The Morgan fingerprint density at radius 2 is 2.38 bits per heavy atom. The standard InChI is InChI=1S/C14H22N4O3/c1-3-5-15-13-7-12(18(20)21)8-14(16-13)17-6-4-11(9-17)10(2)19/h7-8,10-11,19H,3-6,9H2,1-2H3,(H,15,16). The Bertz CT molecular complexity index is 507. The number of aliphatic hydroxyl groups is 1. The highest BCUT2D eigenvalue weighted by molar-refractivity contribution is 5.56. The van der Waals surface area contributed by atoms with Crippen molar-refractivity contribution in [1.29, 1.82) is 0 Å². The van der Waals surface area contributed by atoms with Crippen LogP contribution in [0.1, 0.15) is 26.7 Å². The van der Waals surface area contributed by atoms with Gasteiger partial charge in [-0.15, -0.1) is 0 Å². The Morgan fingerprint density at radius 3 is 2.95 bits per heavy atom. The van der Waals surface area contributed by atoms with E-state index in [-0.39, 0.29) is 17.7 Å². The normalized spacial score (nSPS) is 19.6. The average molecular weight is 294 g/mol. The van der Waals surface area contributed by atoms with Gasteiger partial charge in [-0.05, 0) is 19.8 Å². The zero-order chi connectivity index (χ0) is 15.4. The molecule has 7 heteroatoms. The third-order valence-electron chi connectivity index (χ3n) is 3.79. The lowest BCUT2D eigenvalue weighted by Crippen LogP contribution is -2.24. The summed E-state index contributed by atoms with van der Waals surface area (Å²) in [6.07, 6.45) is 1.43. The summed E-state index contributed by atoms with van der Waals surface area (Å²) >= 11 is 0. The van der Waals surface area contributed by atoms with E-state index in [1.807, 2.05) is 11.8 Å². The maximum Gasteiger partial charge on any atom is 0.276 e. The van der Waals surface area contributed by atoms with Gasteiger partial charge in [0.15, 0.2) is 0 Å². The van der Waals surface area contributed by atoms with E-state index < -0.39 is 4.92 Å². The summed E-state index contributed by atoms with van der Waals surface area (Å²) in [6.45, 7) is 5.97. The number of hydrogen-bond acceptors (Lipinski definition) is 6. The number of aromatic nitrogens is 1. The lowest BCUT2D eigenvalue weighted by Gasteiger charge is -2.19. The van der Waals surface area contributed by atoms with E-state index in [1.54, 1.807) is 6.92 Å². The highest BCUT2D eigenvalue weighted by Gasteiger charge is 2.28. The van der Waals surface area contributed by atoms with Crippen LogP contribution in [0.5, 0.6) is 0 Å². The molecule has 0 spiro atoms. The molecular weight excluding hydrogens is 272 g/mol. The minimum Gasteiger partial charge on any atom is -0.393 e. The van der Waals surface area contributed by atoms with Gasteiger partial charge in [-0.2, -0.15) is 0 Å². The van der Waals surface area contributed by atoms with E-state index in [0.29, 0.717) is 18.2 Å². The molecule has 2 rings (SSSR count). The van der Waals surface area contributed by atoms with E-state index in [4.69, 9.17) is 0 Å². The highest BCUT2D eigenvalue weighted by atomic mass is 16.6. The molecule has 1 aromatic rings. The van der Waals surface area contributed by atoms with E-state index in [1.165, 1.54) is 12.1 Å². The second-order valence-corrected chi connectivity index (χ2v) is 5.49. The highest BCUT2D eigenvalue weighted by Crippen LogP contribution is 2.28. The van der Waals surface area contributed by atoms with Gasteiger partial charge in [-0.3, -0.25) is 10.1 Å². The van der Waals surface area contributed by atoms with Crippen LogP contribution in [-0.4, -0.2) is 40.8 Å². The quantitative estimate of drug-likeness (QED) is 0.616. The molecule has 2 N–H and O–H groups in total. The molecule has 2 atom stereocenters. The van der Waals surface area contributed by atoms with Gasteiger partial charge in [-0.1, -0.05) is 6.92 Å². The lowest BCUT2D eigenvalue weighted by molar-refractivity contribution is -0.384. The van der Waals surface area contributed by atoms with Gasteiger partial charge in [0.1, 0.15) is 11.6 Å². The zero-order valence-corrected chi connectivity index (χ0v) is 12.5. The summed E-state index contributed by atoms with van der Waals surface area (Å²) in [4.78, 5) is 17.1. The number of nitrogens with one attached hydrogen (secondary N) is 1. The Balaban J connectivity index is 2.22. The van der Waals surface area contributed by atoms with Gasteiger partial charge in [-0.25, -0.2) is 4.98 Å². The first-order valence-electron chi connectivity index (χ1n) is 7.34. The fourth-order valence-corrected chi connectivity index (χ4v) is 2.50. The summed E-state index contributed by atoms with van der Waals surface area (Å²) in [7, 11) is 0. The molecule has 1 aliphatic rings. The second kappa shape index (κ2) is 6.71. The Labute approximate surface area is 124 Å². The first-order chi connectivity index (χ1) is 10.0. The van der Waals surface area contributed by atoms with E-state index >= 15 is 0 Å². The molecule has 0 amide bonds. The van der Waals surface area contributed by atoms with Crippen molar-refractivity contribution in [2.24, 2.45) is 5.92 Å². The molecule has 7 nitrogen and oxygen atoms in total. The summed E-state index contributed by atoms with van der Waals surface area (Å²) < 4.78 is 0. The Hall–Kier alpha value is -1.89. The molecule has 1 saturated heterocycles. The van der Waals surface area contributed by atoms with Crippen LogP contribution in [0.25, 0.3) is 0 Å². The second-order valence-electron chi connectivity index (χ2n) is 5.49. The van der Waals surface area contributed by atoms with E-state index in [0.717, 1.165) is 25.9 Å². The van der Waals surface area contributed by atoms with Crippen LogP contribution in [0.3, 0.4) is 0 Å². The van der Waals surface area contributed by atoms with Crippen LogP contribution in [-0.2, 0) is 0 Å². The van der Waals surface area contributed by atoms with Gasteiger partial charge in [0.05, 0.1) is 23.2 Å². The van der Waals surface area contributed by atoms with Gasteiger partial charge in [0.2, 0.25) is 0 Å². The zero-order valence-electron chi connectivity index (χ0n) is 12.5. The van der Waals surface area contributed by atoms with Gasteiger partial charge in [0, 0.05) is 25.6 Å². The molecule has 2 heterocycles. The van der Waals surface area contributed by atoms with E-state index in [2.05, 4.69) is 10.3 Å². The fourth-order valence-electron chi connectivity index (χ4n) is 2.50. The predicted octanol–water partition coefficient (Wildman–Crippen LogP) is 2.02. The molecule has 2 unspecified atom stereocenters. The first-order valence-corrected chi connectivity index (χ1v) is 7.34. The Kier molecular flexibility index (Phi) is 4.95. The summed E-state index contributed by atoms with van der Waals surface area (Å²) in [5.41, 5.74) is 0.0408. The number of nitro groups is 1. The molecule has 1 aromatic heterocycles. The van der Waals surface area contributed by atoms with Crippen molar-refractivity contribution in [3.8, 4) is 0 Å². The molecule has 0 aromatic carbocycles. The van der Waals surface area contributed by atoms with Crippen molar-refractivity contribution in [2.45, 2.75) is 32.8 Å². The van der Waals surface area contributed by atoms with Crippen molar-refractivity contribution in [1.82, 2.24) is 4.98 Å². The molecule has 1 fully saturated rings. The number of rotatable bonds is 6. The lowest BCUT2D eigenvalue weighted by atomic mass is 10.0. The SMILES string of the molecule is CCCNc1cc([N+](=O)[O-])cc(N2CCC(C(C)O)C2)n1. The van der Waals surface area contributed by atoms with Crippen LogP contribution < -0.4 is 10.2 Å². The third kappa shape index (κ3) is 3.81. The van der Waals surface area contributed by atoms with Crippen molar-refractivity contribution in [2.75, 3.05) is 29.9 Å². The number of pyridine rings is 1. The van der Waals surface area contributed by atoms with Crippen LogP contribution in [0.15, 0.2) is 12.1 Å². The van der Waals surface area contributed by atoms with Crippen LogP contribution in [0, 0.1) is 16.0 Å². The fraction of sp³-hybridized carbons (Fsp3) is 0.643. The van der Waals surface area contributed by atoms with Crippen molar-refractivity contribution < 1.29 is 10.0 Å². The van der Waals surface area contributed by atoms with Crippen LogP contribution >= 0.6 is 0 Å². The van der Waals surface area contributed by atoms with Crippen LogP contribution in [0.4, 0.5) is 17.3 Å². The molecule has 1 aliphatic heterocycles. The van der Waals surface area contributed by atoms with Crippen LogP contribution in [0.2, 0.25) is 0 Å².